The number of nitro groups is 1. The van der Waals surface area contributed by atoms with Gasteiger partial charge in [0.2, 0.25) is 0 Å². The molecular weight excluding hydrogens is 502 g/mol. The van der Waals surface area contributed by atoms with E-state index >= 15 is 0 Å². The van der Waals surface area contributed by atoms with Crippen LogP contribution in [0.2, 0.25) is 0 Å². The van der Waals surface area contributed by atoms with Crippen molar-refractivity contribution in [2.24, 2.45) is 5.92 Å². The van der Waals surface area contributed by atoms with Gasteiger partial charge in [-0.3, -0.25) is 15.1 Å². The van der Waals surface area contributed by atoms with Crippen molar-refractivity contribution in [1.82, 2.24) is 34.3 Å². The van der Waals surface area contributed by atoms with Gasteiger partial charge >= 0.3 is 11.8 Å². The highest BCUT2D eigenvalue weighted by molar-refractivity contribution is 5.79. The van der Waals surface area contributed by atoms with Crippen LogP contribution in [0.4, 0.5) is 16.2 Å². The summed E-state index contributed by atoms with van der Waals surface area (Å²) in [6.07, 6.45) is 11.2. The van der Waals surface area contributed by atoms with Gasteiger partial charge < -0.3 is 19.8 Å². The minimum absolute atomic E-state index is 0.0138. The number of pyridine rings is 2. The van der Waals surface area contributed by atoms with E-state index < -0.39 is 10.5 Å². The normalized spacial score (nSPS) is 13.8. The van der Waals surface area contributed by atoms with E-state index in [9.17, 15) is 14.9 Å². The molecule has 1 amide bonds. The molecule has 1 fully saturated rings. The van der Waals surface area contributed by atoms with Crippen molar-refractivity contribution in [2.75, 3.05) is 12.3 Å². The lowest BCUT2D eigenvalue weighted by Crippen LogP contribution is -2.40. The lowest BCUT2D eigenvalue weighted by molar-refractivity contribution is -0.384. The number of fused-ring (bicyclic) bond motifs is 1. The molecule has 0 spiro atoms. The predicted molar refractivity (Wildman–Crippen MR) is 143 cm³/mol. The Bertz CT molecular complexity index is 1520. The second-order valence-electron chi connectivity index (χ2n) is 10.9. The number of rotatable bonds is 8. The maximum absolute atomic E-state index is 12.9. The fourth-order valence-electron chi connectivity index (χ4n) is 4.47. The molecule has 13 nitrogen and oxygen atoms in total. The Kier molecular flexibility index (Phi) is 6.89. The van der Waals surface area contributed by atoms with E-state index in [-0.39, 0.29) is 17.5 Å². The molecule has 4 heterocycles. The highest BCUT2D eigenvalue weighted by Gasteiger charge is 2.27. The minimum atomic E-state index is -0.582. The third-order valence-corrected chi connectivity index (χ3v) is 6.59. The fourth-order valence-corrected chi connectivity index (χ4v) is 4.47. The van der Waals surface area contributed by atoms with Crippen LogP contribution in [0.1, 0.15) is 51.3 Å². The number of hydrogen-bond acceptors (Lipinski definition) is 9. The van der Waals surface area contributed by atoms with Crippen molar-refractivity contribution < 1.29 is 14.5 Å². The molecule has 1 saturated carbocycles. The first-order valence-corrected chi connectivity index (χ1v) is 12.8. The standard InChI is InChI=1S/C26H31N9O4/c1-26(2,3)39-25(36)33(11-17-5-4-6-17)13-18-7-8-23-29-19(14-32(23)12-18)15-34-16-21(30-31-34)20-9-28-10-22(24(20)27)35(37)38/h7-10,12,14,16-17H,4-6,11,13,15H2,1-3H3,(H2,27,28). The molecule has 13 heteroatoms. The largest absolute Gasteiger partial charge is 0.444 e. The van der Waals surface area contributed by atoms with E-state index in [2.05, 4.69) is 20.3 Å². The molecule has 1 aliphatic rings. The second-order valence-corrected chi connectivity index (χ2v) is 10.9. The van der Waals surface area contributed by atoms with Gasteiger partial charge in [0.05, 0.1) is 35.5 Å². The molecule has 0 aromatic carbocycles. The zero-order valence-electron chi connectivity index (χ0n) is 22.1. The summed E-state index contributed by atoms with van der Waals surface area (Å²) in [6, 6.07) is 3.88. The zero-order chi connectivity index (χ0) is 27.7. The molecule has 5 rings (SSSR count). The first-order valence-electron chi connectivity index (χ1n) is 12.8. The molecule has 204 valence electrons. The van der Waals surface area contributed by atoms with Crippen LogP contribution in [0, 0.1) is 16.0 Å². The molecule has 0 unspecified atom stereocenters. The van der Waals surface area contributed by atoms with Gasteiger partial charge in [0.25, 0.3) is 0 Å². The Morgan fingerprint density at radius 3 is 2.72 bits per heavy atom. The molecule has 0 bridgehead atoms. The molecule has 4 aromatic heterocycles. The average molecular weight is 534 g/mol. The average Bonchev–Trinajstić information content (AvgIpc) is 3.45. The Hall–Kier alpha value is -4.55. The number of carbonyl (C=O) groups is 1. The highest BCUT2D eigenvalue weighted by atomic mass is 16.6. The summed E-state index contributed by atoms with van der Waals surface area (Å²) < 4.78 is 9.17. The summed E-state index contributed by atoms with van der Waals surface area (Å²) in [4.78, 5) is 33.9. The zero-order valence-corrected chi connectivity index (χ0v) is 22.1. The second kappa shape index (κ2) is 10.3. The molecule has 1 aliphatic carbocycles. The topological polar surface area (TPSA) is 160 Å². The molecule has 0 radical (unpaired) electrons. The highest BCUT2D eigenvalue weighted by Crippen LogP contribution is 2.31. The maximum Gasteiger partial charge on any atom is 0.410 e. The number of nitrogens with zero attached hydrogens (tertiary/aromatic N) is 8. The van der Waals surface area contributed by atoms with Gasteiger partial charge in [-0.2, -0.15) is 0 Å². The van der Waals surface area contributed by atoms with Gasteiger partial charge in [-0.05, 0) is 51.2 Å². The van der Waals surface area contributed by atoms with Crippen molar-refractivity contribution in [2.45, 2.75) is 58.7 Å². The van der Waals surface area contributed by atoms with E-state index in [4.69, 9.17) is 10.5 Å². The van der Waals surface area contributed by atoms with Crippen molar-refractivity contribution in [3.8, 4) is 11.3 Å². The first-order chi connectivity index (χ1) is 18.6. The molecule has 4 aromatic rings. The smallest absolute Gasteiger partial charge is 0.410 e. The van der Waals surface area contributed by atoms with E-state index in [1.54, 1.807) is 15.8 Å². The summed E-state index contributed by atoms with van der Waals surface area (Å²) in [5.74, 6) is 0.516. The molecule has 2 N–H and O–H groups in total. The van der Waals surface area contributed by atoms with Crippen LogP contribution in [-0.4, -0.2) is 57.4 Å². The monoisotopic (exact) mass is 533 g/mol. The first kappa shape index (κ1) is 26.1. The third-order valence-electron chi connectivity index (χ3n) is 6.59. The van der Waals surface area contributed by atoms with Crippen LogP contribution in [-0.2, 0) is 17.8 Å². The van der Waals surface area contributed by atoms with Gasteiger partial charge in [0, 0.05) is 25.1 Å². The number of hydrogen-bond donors (Lipinski definition) is 1. The predicted octanol–water partition coefficient (Wildman–Crippen LogP) is 4.06. The van der Waals surface area contributed by atoms with E-state index in [1.807, 2.05) is 49.7 Å². The lowest BCUT2D eigenvalue weighted by Gasteiger charge is -2.33. The van der Waals surface area contributed by atoms with Crippen LogP contribution in [0.15, 0.2) is 43.1 Å². The Morgan fingerprint density at radius 2 is 2.03 bits per heavy atom. The minimum Gasteiger partial charge on any atom is -0.444 e. The van der Waals surface area contributed by atoms with Crippen LogP contribution in [0.25, 0.3) is 16.9 Å². The Balaban J connectivity index is 1.31. The molecule has 0 saturated heterocycles. The summed E-state index contributed by atoms with van der Waals surface area (Å²) in [5, 5.41) is 19.4. The van der Waals surface area contributed by atoms with Gasteiger partial charge in [-0.1, -0.05) is 17.7 Å². The molecule has 39 heavy (non-hydrogen) atoms. The van der Waals surface area contributed by atoms with Crippen molar-refractivity contribution in [1.29, 1.82) is 0 Å². The third kappa shape index (κ3) is 5.97. The Labute approximate surface area is 224 Å². The van der Waals surface area contributed by atoms with E-state index in [0.29, 0.717) is 36.8 Å². The van der Waals surface area contributed by atoms with Gasteiger partial charge in [-0.15, -0.1) is 5.10 Å². The van der Waals surface area contributed by atoms with E-state index in [1.165, 1.54) is 12.6 Å². The number of nitrogens with two attached hydrogens (primary N) is 1. The number of ether oxygens (including phenoxy) is 1. The van der Waals surface area contributed by atoms with Gasteiger partial charge in [0.1, 0.15) is 28.8 Å². The van der Waals surface area contributed by atoms with Gasteiger partial charge in [-0.25, -0.2) is 14.5 Å². The van der Waals surface area contributed by atoms with Crippen LogP contribution in [0.5, 0.6) is 0 Å². The lowest BCUT2D eigenvalue weighted by atomic mass is 9.85. The van der Waals surface area contributed by atoms with Gasteiger partial charge in [0.15, 0.2) is 0 Å². The Morgan fingerprint density at radius 1 is 1.23 bits per heavy atom. The number of aromatic nitrogens is 6. The summed E-state index contributed by atoms with van der Waals surface area (Å²) >= 11 is 0. The van der Waals surface area contributed by atoms with Crippen LogP contribution >= 0.6 is 0 Å². The fraction of sp³-hybridized carbons (Fsp3) is 0.423. The molecule has 0 aliphatic heterocycles. The van der Waals surface area contributed by atoms with Crippen LogP contribution < -0.4 is 5.73 Å². The maximum atomic E-state index is 12.9. The summed E-state index contributed by atoms with van der Waals surface area (Å²) in [5.41, 5.74) is 8.28. The SMILES string of the molecule is CC(C)(C)OC(=O)N(Cc1ccc2nc(Cn3cc(-c4cncc([N+](=O)[O-])c4N)nn3)cn2c1)CC1CCC1. The number of anilines is 1. The molecular formula is C26H31N9O4. The number of amides is 1. The number of imidazole rings is 1. The summed E-state index contributed by atoms with van der Waals surface area (Å²) in [6.45, 7) is 7.08. The van der Waals surface area contributed by atoms with Crippen molar-refractivity contribution in [3.05, 3.63) is 64.5 Å². The quantitative estimate of drug-likeness (QED) is 0.260. The van der Waals surface area contributed by atoms with Crippen molar-refractivity contribution >= 4 is 23.1 Å². The number of carbonyl (C=O) groups excluding carboxylic acids is 1. The molecule has 0 atom stereocenters. The van der Waals surface area contributed by atoms with Crippen LogP contribution in [0.3, 0.4) is 0 Å². The summed E-state index contributed by atoms with van der Waals surface area (Å²) in [7, 11) is 0. The van der Waals surface area contributed by atoms with Crippen molar-refractivity contribution in [3.63, 3.8) is 0 Å². The van der Waals surface area contributed by atoms with E-state index in [0.717, 1.165) is 35.9 Å². The number of nitrogen functional groups attached to an aromatic ring is 1.